The van der Waals surface area contributed by atoms with Gasteiger partial charge in [-0.05, 0) is 68.1 Å². The summed E-state index contributed by atoms with van der Waals surface area (Å²) in [6.45, 7) is 7.55. The second-order valence-corrected chi connectivity index (χ2v) is 13.5. The molecule has 45 heavy (non-hydrogen) atoms. The van der Waals surface area contributed by atoms with Gasteiger partial charge in [0.15, 0.2) is 0 Å². The first-order valence-corrected chi connectivity index (χ1v) is 16.8. The van der Waals surface area contributed by atoms with Gasteiger partial charge in [0.25, 0.3) is 10.0 Å². The van der Waals surface area contributed by atoms with E-state index in [1.54, 1.807) is 37.3 Å². The van der Waals surface area contributed by atoms with Crippen LogP contribution < -0.4 is 9.62 Å². The minimum absolute atomic E-state index is 0.0482. The number of benzene rings is 4. The number of hydrogen-bond acceptors (Lipinski definition) is 4. The minimum atomic E-state index is -4.21. The van der Waals surface area contributed by atoms with E-state index in [0.29, 0.717) is 22.8 Å². The van der Waals surface area contributed by atoms with E-state index in [4.69, 9.17) is 11.6 Å². The highest BCUT2D eigenvalue weighted by Crippen LogP contribution is 2.31. The molecule has 0 bridgehead atoms. The predicted molar refractivity (Wildman–Crippen MR) is 181 cm³/mol. The molecule has 0 saturated carbocycles. The van der Waals surface area contributed by atoms with Crippen molar-refractivity contribution in [1.29, 1.82) is 0 Å². The van der Waals surface area contributed by atoms with Crippen molar-refractivity contribution in [2.24, 2.45) is 0 Å². The standard InChI is InChI=1S/C36H40ClN3O4S/c1-5-21-38-36(42)34(23-29-12-7-6-8-13-29)39(24-30-14-9-11-27(3)22-30)35(41)25-40(33-16-10-15-32(37)28(33)4)45(43,44)31-19-17-26(2)18-20-31/h6-20,22,34H,5,21,23-25H2,1-4H3,(H,38,42)/t34-/m0/s1. The van der Waals surface area contributed by atoms with E-state index in [1.165, 1.54) is 17.0 Å². The number of aryl methyl sites for hydroxylation is 2. The summed E-state index contributed by atoms with van der Waals surface area (Å²) >= 11 is 6.46. The topological polar surface area (TPSA) is 86.8 Å². The molecule has 0 fully saturated rings. The van der Waals surface area contributed by atoms with Crippen LogP contribution in [0.2, 0.25) is 5.02 Å². The van der Waals surface area contributed by atoms with Crippen LogP contribution in [0.5, 0.6) is 0 Å². The fourth-order valence-electron chi connectivity index (χ4n) is 5.14. The maximum atomic E-state index is 14.6. The van der Waals surface area contributed by atoms with Crippen LogP contribution in [0.1, 0.15) is 41.2 Å². The lowest BCUT2D eigenvalue weighted by molar-refractivity contribution is -0.140. The molecule has 0 saturated heterocycles. The van der Waals surface area contributed by atoms with Crippen LogP contribution in [0.25, 0.3) is 0 Å². The first-order chi connectivity index (χ1) is 21.5. The molecule has 7 nitrogen and oxygen atoms in total. The Morgan fingerprint density at radius 2 is 1.49 bits per heavy atom. The molecule has 0 aliphatic rings. The Labute approximate surface area is 271 Å². The van der Waals surface area contributed by atoms with Crippen molar-refractivity contribution in [3.8, 4) is 0 Å². The van der Waals surface area contributed by atoms with Gasteiger partial charge < -0.3 is 10.2 Å². The minimum Gasteiger partial charge on any atom is -0.354 e. The Bertz CT molecular complexity index is 1730. The Hall–Kier alpha value is -4.14. The molecule has 0 aliphatic carbocycles. The number of sulfonamides is 1. The molecule has 2 amide bonds. The van der Waals surface area contributed by atoms with Crippen LogP contribution in [0.15, 0.2) is 102 Å². The predicted octanol–water partition coefficient (Wildman–Crippen LogP) is 6.63. The lowest BCUT2D eigenvalue weighted by atomic mass is 10.0. The molecule has 0 radical (unpaired) electrons. The van der Waals surface area contributed by atoms with Gasteiger partial charge >= 0.3 is 0 Å². The number of amides is 2. The third-order valence-corrected chi connectivity index (χ3v) is 9.83. The number of nitrogens with zero attached hydrogens (tertiary/aromatic N) is 2. The summed E-state index contributed by atoms with van der Waals surface area (Å²) in [4.78, 5) is 29.9. The summed E-state index contributed by atoms with van der Waals surface area (Å²) in [5.74, 6) is -0.812. The Kier molecular flexibility index (Phi) is 11.4. The first-order valence-electron chi connectivity index (χ1n) is 15.0. The molecule has 0 heterocycles. The number of hydrogen-bond donors (Lipinski definition) is 1. The lowest BCUT2D eigenvalue weighted by Crippen LogP contribution is -2.53. The van der Waals surface area contributed by atoms with Gasteiger partial charge in [0.1, 0.15) is 12.6 Å². The van der Waals surface area contributed by atoms with E-state index in [1.807, 2.05) is 75.4 Å². The number of carbonyl (C=O) groups is 2. The van der Waals surface area contributed by atoms with E-state index in [-0.39, 0.29) is 23.8 Å². The summed E-state index contributed by atoms with van der Waals surface area (Å²) < 4.78 is 29.6. The van der Waals surface area contributed by atoms with Gasteiger partial charge in [-0.15, -0.1) is 0 Å². The van der Waals surface area contributed by atoms with Gasteiger partial charge in [0.2, 0.25) is 11.8 Å². The zero-order valence-corrected chi connectivity index (χ0v) is 27.7. The van der Waals surface area contributed by atoms with E-state index in [9.17, 15) is 18.0 Å². The molecule has 1 N–H and O–H groups in total. The zero-order valence-electron chi connectivity index (χ0n) is 26.2. The van der Waals surface area contributed by atoms with Crippen molar-refractivity contribution < 1.29 is 18.0 Å². The average molecular weight is 646 g/mol. The summed E-state index contributed by atoms with van der Waals surface area (Å²) in [5.41, 5.74) is 4.44. The summed E-state index contributed by atoms with van der Waals surface area (Å²) in [7, 11) is -4.21. The maximum Gasteiger partial charge on any atom is 0.264 e. The molecule has 4 aromatic carbocycles. The molecule has 0 unspecified atom stereocenters. The van der Waals surface area contributed by atoms with Gasteiger partial charge in [-0.2, -0.15) is 0 Å². The second-order valence-electron chi connectivity index (χ2n) is 11.2. The Balaban J connectivity index is 1.83. The van der Waals surface area contributed by atoms with Gasteiger partial charge in [0, 0.05) is 24.5 Å². The number of rotatable bonds is 13. The molecule has 236 valence electrons. The summed E-state index contributed by atoms with van der Waals surface area (Å²) in [6, 6.07) is 27.8. The highest BCUT2D eigenvalue weighted by Gasteiger charge is 2.35. The third-order valence-electron chi connectivity index (χ3n) is 7.65. The van der Waals surface area contributed by atoms with Crippen LogP contribution in [-0.2, 0) is 32.6 Å². The molecular formula is C36H40ClN3O4S. The zero-order chi connectivity index (χ0) is 32.6. The van der Waals surface area contributed by atoms with Gasteiger partial charge in [0.05, 0.1) is 10.6 Å². The molecule has 4 aromatic rings. The summed E-state index contributed by atoms with van der Waals surface area (Å²) in [6.07, 6.45) is 0.987. The van der Waals surface area contributed by atoms with Crippen LogP contribution in [-0.4, -0.2) is 44.3 Å². The second kappa shape index (κ2) is 15.2. The maximum absolute atomic E-state index is 14.6. The van der Waals surface area contributed by atoms with E-state index in [2.05, 4.69) is 5.32 Å². The average Bonchev–Trinajstić information content (AvgIpc) is 3.02. The first kappa shape index (κ1) is 33.7. The monoisotopic (exact) mass is 645 g/mol. The SMILES string of the molecule is CCCNC(=O)[C@H](Cc1ccccc1)N(Cc1cccc(C)c1)C(=O)CN(c1cccc(Cl)c1C)S(=O)(=O)c1ccc(C)cc1. The van der Waals surface area contributed by atoms with Crippen molar-refractivity contribution in [2.45, 2.75) is 58.0 Å². The lowest BCUT2D eigenvalue weighted by Gasteiger charge is -2.34. The Morgan fingerprint density at radius 3 is 2.16 bits per heavy atom. The van der Waals surface area contributed by atoms with Crippen molar-refractivity contribution in [3.63, 3.8) is 0 Å². The Morgan fingerprint density at radius 1 is 0.822 bits per heavy atom. The molecule has 0 aliphatic heterocycles. The molecule has 1 atom stereocenters. The highest BCUT2D eigenvalue weighted by molar-refractivity contribution is 7.92. The van der Waals surface area contributed by atoms with Gasteiger partial charge in [-0.1, -0.05) is 102 Å². The summed E-state index contributed by atoms with van der Waals surface area (Å²) in [5, 5.41) is 3.34. The van der Waals surface area contributed by atoms with Crippen molar-refractivity contribution in [3.05, 3.63) is 130 Å². The molecule has 9 heteroatoms. The van der Waals surface area contributed by atoms with Crippen LogP contribution in [0.3, 0.4) is 0 Å². The van der Waals surface area contributed by atoms with Gasteiger partial charge in [-0.3, -0.25) is 13.9 Å². The van der Waals surface area contributed by atoms with Crippen molar-refractivity contribution in [1.82, 2.24) is 10.2 Å². The fourth-order valence-corrected chi connectivity index (χ4v) is 6.79. The molecule has 4 rings (SSSR count). The number of carbonyl (C=O) groups excluding carboxylic acids is 2. The fraction of sp³-hybridized carbons (Fsp3) is 0.278. The number of nitrogens with one attached hydrogen (secondary N) is 1. The third kappa shape index (κ3) is 8.53. The quantitative estimate of drug-likeness (QED) is 0.177. The number of halogens is 1. The smallest absolute Gasteiger partial charge is 0.264 e. The van der Waals surface area contributed by atoms with E-state index < -0.39 is 28.5 Å². The van der Waals surface area contributed by atoms with Crippen molar-refractivity contribution in [2.75, 3.05) is 17.4 Å². The number of anilines is 1. The van der Waals surface area contributed by atoms with Crippen molar-refractivity contribution >= 4 is 39.1 Å². The highest BCUT2D eigenvalue weighted by atomic mass is 35.5. The van der Waals surface area contributed by atoms with E-state index >= 15 is 0 Å². The molecule has 0 aromatic heterocycles. The van der Waals surface area contributed by atoms with Crippen LogP contribution in [0.4, 0.5) is 5.69 Å². The molecule has 0 spiro atoms. The van der Waals surface area contributed by atoms with Crippen LogP contribution in [0, 0.1) is 20.8 Å². The van der Waals surface area contributed by atoms with E-state index in [0.717, 1.165) is 33.0 Å². The molecular weight excluding hydrogens is 606 g/mol. The normalized spacial score (nSPS) is 11.9. The largest absolute Gasteiger partial charge is 0.354 e. The van der Waals surface area contributed by atoms with Crippen LogP contribution >= 0.6 is 11.6 Å². The van der Waals surface area contributed by atoms with Gasteiger partial charge in [-0.25, -0.2) is 8.42 Å².